The molecule has 2 aromatic rings. The van der Waals surface area contributed by atoms with Gasteiger partial charge in [0.2, 0.25) is 0 Å². The SMILES string of the molecule is CCc1ccc2[nH]c(N)c(CC)c2c1N. The Balaban J connectivity index is 2.83. The number of hydrogen-bond acceptors (Lipinski definition) is 2. The molecule has 3 heteroatoms. The molecule has 0 radical (unpaired) electrons. The largest absolute Gasteiger partial charge is 0.398 e. The van der Waals surface area contributed by atoms with E-state index in [9.17, 15) is 0 Å². The minimum atomic E-state index is 0.743. The van der Waals surface area contributed by atoms with Gasteiger partial charge in [0.25, 0.3) is 0 Å². The van der Waals surface area contributed by atoms with Crippen LogP contribution < -0.4 is 11.5 Å². The average Bonchev–Trinajstić information content (AvgIpc) is 2.55. The summed E-state index contributed by atoms with van der Waals surface area (Å²) in [7, 11) is 0. The summed E-state index contributed by atoms with van der Waals surface area (Å²) in [5.41, 5.74) is 16.3. The van der Waals surface area contributed by atoms with Gasteiger partial charge in [-0.15, -0.1) is 0 Å². The molecule has 0 aliphatic carbocycles. The Hall–Kier alpha value is -1.64. The number of anilines is 2. The van der Waals surface area contributed by atoms with Gasteiger partial charge < -0.3 is 16.5 Å². The number of H-pyrrole nitrogens is 1. The van der Waals surface area contributed by atoms with Crippen molar-refractivity contribution in [2.24, 2.45) is 0 Å². The lowest BCUT2D eigenvalue weighted by Gasteiger charge is -2.05. The highest BCUT2D eigenvalue weighted by molar-refractivity contribution is 5.98. The number of rotatable bonds is 2. The van der Waals surface area contributed by atoms with Crippen molar-refractivity contribution in [3.8, 4) is 0 Å². The van der Waals surface area contributed by atoms with Crippen molar-refractivity contribution < 1.29 is 0 Å². The molecule has 15 heavy (non-hydrogen) atoms. The highest BCUT2D eigenvalue weighted by atomic mass is 14.9. The summed E-state index contributed by atoms with van der Waals surface area (Å²) in [5, 5.41) is 1.11. The number of benzene rings is 1. The zero-order valence-electron chi connectivity index (χ0n) is 9.22. The Kier molecular flexibility index (Phi) is 2.31. The minimum absolute atomic E-state index is 0.743. The van der Waals surface area contributed by atoms with E-state index in [1.807, 2.05) is 0 Å². The minimum Gasteiger partial charge on any atom is -0.398 e. The number of hydrogen-bond donors (Lipinski definition) is 3. The molecule has 0 aliphatic rings. The van der Waals surface area contributed by atoms with Gasteiger partial charge in [-0.2, -0.15) is 0 Å². The molecular weight excluding hydrogens is 186 g/mol. The molecule has 0 aliphatic heterocycles. The first-order valence-electron chi connectivity index (χ1n) is 5.36. The Labute approximate surface area is 89.5 Å². The molecule has 1 heterocycles. The monoisotopic (exact) mass is 203 g/mol. The van der Waals surface area contributed by atoms with Gasteiger partial charge in [-0.25, -0.2) is 0 Å². The zero-order valence-corrected chi connectivity index (χ0v) is 9.22. The lowest BCUT2D eigenvalue weighted by molar-refractivity contribution is 1.14. The second-order valence-corrected chi connectivity index (χ2v) is 3.79. The van der Waals surface area contributed by atoms with Crippen molar-refractivity contribution in [2.45, 2.75) is 26.7 Å². The van der Waals surface area contributed by atoms with E-state index in [-0.39, 0.29) is 0 Å². The van der Waals surface area contributed by atoms with E-state index in [1.165, 1.54) is 5.56 Å². The molecule has 5 N–H and O–H groups in total. The van der Waals surface area contributed by atoms with E-state index in [4.69, 9.17) is 11.5 Å². The fraction of sp³-hybridized carbons (Fsp3) is 0.333. The fourth-order valence-corrected chi connectivity index (χ4v) is 2.12. The summed E-state index contributed by atoms with van der Waals surface area (Å²) in [6.45, 7) is 4.20. The quantitative estimate of drug-likeness (QED) is 0.656. The third-order valence-electron chi connectivity index (χ3n) is 2.97. The molecule has 80 valence electrons. The smallest absolute Gasteiger partial charge is 0.104 e. The third kappa shape index (κ3) is 1.35. The lowest BCUT2D eigenvalue weighted by Crippen LogP contribution is -1.95. The zero-order chi connectivity index (χ0) is 11.0. The molecule has 0 amide bonds. The van der Waals surface area contributed by atoms with E-state index in [2.05, 4.69) is 31.0 Å². The topological polar surface area (TPSA) is 67.8 Å². The molecule has 0 saturated heterocycles. The maximum atomic E-state index is 6.14. The third-order valence-corrected chi connectivity index (χ3v) is 2.97. The van der Waals surface area contributed by atoms with Crippen LogP contribution in [0.1, 0.15) is 25.0 Å². The van der Waals surface area contributed by atoms with Crippen molar-refractivity contribution >= 4 is 22.4 Å². The molecule has 1 aromatic carbocycles. The molecule has 3 nitrogen and oxygen atoms in total. The van der Waals surface area contributed by atoms with Crippen LogP contribution in [0.4, 0.5) is 11.5 Å². The maximum absolute atomic E-state index is 6.14. The number of aryl methyl sites for hydroxylation is 2. The van der Waals surface area contributed by atoms with Crippen LogP contribution in [0.25, 0.3) is 10.9 Å². The Morgan fingerprint density at radius 2 is 1.87 bits per heavy atom. The van der Waals surface area contributed by atoms with Crippen molar-refractivity contribution in [3.63, 3.8) is 0 Å². The van der Waals surface area contributed by atoms with Gasteiger partial charge >= 0.3 is 0 Å². The van der Waals surface area contributed by atoms with E-state index in [1.54, 1.807) is 0 Å². The van der Waals surface area contributed by atoms with Crippen molar-refractivity contribution in [1.29, 1.82) is 0 Å². The van der Waals surface area contributed by atoms with Crippen LogP contribution in [0.15, 0.2) is 12.1 Å². The first-order valence-corrected chi connectivity index (χ1v) is 5.36. The van der Waals surface area contributed by atoms with Crippen LogP contribution >= 0.6 is 0 Å². The molecule has 0 spiro atoms. The second kappa shape index (κ2) is 3.50. The van der Waals surface area contributed by atoms with E-state index < -0.39 is 0 Å². The van der Waals surface area contributed by atoms with E-state index >= 15 is 0 Å². The first kappa shape index (κ1) is 9.90. The molecule has 2 rings (SSSR count). The summed E-state index contributed by atoms with van der Waals surface area (Å²) in [4.78, 5) is 3.17. The normalized spacial score (nSPS) is 11.1. The second-order valence-electron chi connectivity index (χ2n) is 3.79. The molecule has 1 aromatic heterocycles. The standard InChI is InChI=1S/C12H17N3/c1-3-7-5-6-9-10(11(7)13)8(4-2)12(14)15-9/h5-6,15H,3-4,13-14H2,1-2H3. The van der Waals surface area contributed by atoms with Crippen LogP contribution in [-0.4, -0.2) is 4.98 Å². The predicted molar refractivity (Wildman–Crippen MR) is 65.9 cm³/mol. The van der Waals surface area contributed by atoms with Gasteiger partial charge in [0.05, 0.1) is 0 Å². The molecule has 0 unspecified atom stereocenters. The first-order chi connectivity index (χ1) is 7.19. The van der Waals surface area contributed by atoms with Crippen LogP contribution in [0.3, 0.4) is 0 Å². The number of aromatic nitrogens is 1. The van der Waals surface area contributed by atoms with Gasteiger partial charge in [-0.05, 0) is 24.5 Å². The summed E-state index contributed by atoms with van der Waals surface area (Å²) < 4.78 is 0. The van der Waals surface area contributed by atoms with Crippen LogP contribution in [-0.2, 0) is 12.8 Å². The van der Waals surface area contributed by atoms with Crippen LogP contribution in [0.2, 0.25) is 0 Å². The summed E-state index contributed by atoms with van der Waals surface area (Å²) in [6.07, 6.45) is 1.86. The maximum Gasteiger partial charge on any atom is 0.104 e. The molecule has 0 saturated carbocycles. The summed E-state index contributed by atoms with van der Waals surface area (Å²) in [5.74, 6) is 0.743. The summed E-state index contributed by atoms with van der Waals surface area (Å²) >= 11 is 0. The Bertz CT molecular complexity index is 497. The number of nitrogens with one attached hydrogen (secondary N) is 1. The molecule has 0 atom stereocenters. The summed E-state index contributed by atoms with van der Waals surface area (Å²) in [6, 6.07) is 4.12. The number of fused-ring (bicyclic) bond motifs is 1. The van der Waals surface area contributed by atoms with Gasteiger partial charge in [-0.1, -0.05) is 19.9 Å². The highest BCUT2D eigenvalue weighted by Crippen LogP contribution is 2.32. The van der Waals surface area contributed by atoms with E-state index in [0.717, 1.165) is 40.8 Å². The van der Waals surface area contributed by atoms with Gasteiger partial charge in [0, 0.05) is 22.2 Å². The van der Waals surface area contributed by atoms with Gasteiger partial charge in [0.15, 0.2) is 0 Å². The Morgan fingerprint density at radius 3 is 2.47 bits per heavy atom. The highest BCUT2D eigenvalue weighted by Gasteiger charge is 2.11. The van der Waals surface area contributed by atoms with Gasteiger partial charge in [0.1, 0.15) is 5.82 Å². The number of nitrogens with two attached hydrogens (primary N) is 2. The number of aromatic amines is 1. The molecular formula is C12H17N3. The average molecular weight is 203 g/mol. The van der Waals surface area contributed by atoms with E-state index in [0.29, 0.717) is 0 Å². The van der Waals surface area contributed by atoms with Crippen molar-refractivity contribution in [2.75, 3.05) is 11.5 Å². The Morgan fingerprint density at radius 1 is 1.13 bits per heavy atom. The van der Waals surface area contributed by atoms with Crippen LogP contribution in [0, 0.1) is 0 Å². The van der Waals surface area contributed by atoms with Crippen molar-refractivity contribution in [1.82, 2.24) is 4.98 Å². The lowest BCUT2D eigenvalue weighted by atomic mass is 10.0. The van der Waals surface area contributed by atoms with Gasteiger partial charge in [-0.3, -0.25) is 0 Å². The molecule has 0 fully saturated rings. The molecule has 0 bridgehead atoms. The predicted octanol–water partition coefficient (Wildman–Crippen LogP) is 2.46. The fourth-order valence-electron chi connectivity index (χ4n) is 2.12. The van der Waals surface area contributed by atoms with Crippen molar-refractivity contribution in [3.05, 3.63) is 23.3 Å². The van der Waals surface area contributed by atoms with Crippen LogP contribution in [0.5, 0.6) is 0 Å². The number of nitrogen functional groups attached to an aromatic ring is 2.